The summed E-state index contributed by atoms with van der Waals surface area (Å²) in [6, 6.07) is 7.64. The summed E-state index contributed by atoms with van der Waals surface area (Å²) >= 11 is 0. The predicted molar refractivity (Wildman–Crippen MR) is 70.8 cm³/mol. The van der Waals surface area contributed by atoms with Crippen molar-refractivity contribution < 1.29 is 14.6 Å². The van der Waals surface area contributed by atoms with Crippen molar-refractivity contribution in [1.29, 1.82) is 0 Å². The molecule has 1 aromatic carbocycles. The summed E-state index contributed by atoms with van der Waals surface area (Å²) in [5, 5.41) is 10.3. The van der Waals surface area contributed by atoms with Gasteiger partial charge in [0.25, 0.3) is 0 Å². The van der Waals surface area contributed by atoms with Crippen LogP contribution >= 0.6 is 0 Å². The SMILES string of the molecule is CC(C)Oc1ccc(C(O)C2CCCCO2)cc1. The topological polar surface area (TPSA) is 38.7 Å². The fourth-order valence-electron chi connectivity index (χ4n) is 2.25. The molecule has 0 amide bonds. The van der Waals surface area contributed by atoms with Crippen LogP contribution in [0.25, 0.3) is 0 Å². The van der Waals surface area contributed by atoms with E-state index in [1.54, 1.807) is 0 Å². The second-order valence-electron chi connectivity index (χ2n) is 5.09. The van der Waals surface area contributed by atoms with E-state index >= 15 is 0 Å². The molecule has 1 aliphatic rings. The second-order valence-corrected chi connectivity index (χ2v) is 5.09. The lowest BCUT2D eigenvalue weighted by Crippen LogP contribution is -2.26. The van der Waals surface area contributed by atoms with Crippen LogP contribution in [0.4, 0.5) is 0 Å². The molecule has 100 valence electrons. The highest BCUT2D eigenvalue weighted by molar-refractivity contribution is 5.29. The van der Waals surface area contributed by atoms with Gasteiger partial charge >= 0.3 is 0 Å². The molecule has 0 bridgehead atoms. The third kappa shape index (κ3) is 3.47. The quantitative estimate of drug-likeness (QED) is 0.892. The minimum atomic E-state index is -0.529. The molecule has 0 aromatic heterocycles. The Labute approximate surface area is 109 Å². The molecule has 1 saturated heterocycles. The first-order valence-corrected chi connectivity index (χ1v) is 6.73. The summed E-state index contributed by atoms with van der Waals surface area (Å²) in [5.41, 5.74) is 0.901. The summed E-state index contributed by atoms with van der Waals surface area (Å²) < 4.78 is 11.2. The third-order valence-electron chi connectivity index (χ3n) is 3.16. The lowest BCUT2D eigenvalue weighted by atomic mass is 9.98. The molecule has 1 heterocycles. The fraction of sp³-hybridized carbons (Fsp3) is 0.600. The number of ether oxygens (including phenoxy) is 2. The van der Waals surface area contributed by atoms with Gasteiger partial charge in [-0.3, -0.25) is 0 Å². The zero-order valence-corrected chi connectivity index (χ0v) is 11.1. The van der Waals surface area contributed by atoms with E-state index in [2.05, 4.69) is 0 Å². The Hall–Kier alpha value is -1.06. The van der Waals surface area contributed by atoms with Crippen molar-refractivity contribution in [2.24, 2.45) is 0 Å². The van der Waals surface area contributed by atoms with Crippen molar-refractivity contribution in [1.82, 2.24) is 0 Å². The maximum absolute atomic E-state index is 10.3. The van der Waals surface area contributed by atoms with Gasteiger partial charge in [0.2, 0.25) is 0 Å². The Morgan fingerprint density at radius 3 is 2.50 bits per heavy atom. The smallest absolute Gasteiger partial charge is 0.119 e. The van der Waals surface area contributed by atoms with Gasteiger partial charge in [-0.15, -0.1) is 0 Å². The van der Waals surface area contributed by atoms with E-state index in [9.17, 15) is 5.11 Å². The number of aliphatic hydroxyl groups is 1. The van der Waals surface area contributed by atoms with Crippen LogP contribution in [0.1, 0.15) is 44.8 Å². The van der Waals surface area contributed by atoms with E-state index in [0.717, 1.165) is 37.2 Å². The molecule has 1 aromatic rings. The molecule has 2 rings (SSSR count). The fourth-order valence-corrected chi connectivity index (χ4v) is 2.25. The third-order valence-corrected chi connectivity index (χ3v) is 3.16. The van der Waals surface area contributed by atoms with Gasteiger partial charge in [0.15, 0.2) is 0 Å². The van der Waals surface area contributed by atoms with Crippen molar-refractivity contribution in [3.63, 3.8) is 0 Å². The highest BCUT2D eigenvalue weighted by Gasteiger charge is 2.23. The van der Waals surface area contributed by atoms with E-state index in [1.165, 1.54) is 0 Å². The van der Waals surface area contributed by atoms with Gasteiger partial charge in [-0.2, -0.15) is 0 Å². The Morgan fingerprint density at radius 2 is 1.94 bits per heavy atom. The first-order valence-electron chi connectivity index (χ1n) is 6.73. The zero-order chi connectivity index (χ0) is 13.0. The average Bonchev–Trinajstić information content (AvgIpc) is 2.39. The molecule has 1 N–H and O–H groups in total. The Kier molecular flexibility index (Phi) is 4.61. The molecule has 0 aliphatic carbocycles. The molecule has 1 fully saturated rings. The monoisotopic (exact) mass is 250 g/mol. The molecule has 1 aliphatic heterocycles. The van der Waals surface area contributed by atoms with Gasteiger partial charge in [-0.05, 0) is 50.8 Å². The Balaban J connectivity index is 1.99. The number of rotatable bonds is 4. The van der Waals surface area contributed by atoms with Gasteiger partial charge in [-0.25, -0.2) is 0 Å². The second kappa shape index (κ2) is 6.21. The largest absolute Gasteiger partial charge is 0.491 e. The molecule has 18 heavy (non-hydrogen) atoms. The lowest BCUT2D eigenvalue weighted by Gasteiger charge is -2.27. The Morgan fingerprint density at radius 1 is 1.22 bits per heavy atom. The van der Waals surface area contributed by atoms with Crippen molar-refractivity contribution in [3.05, 3.63) is 29.8 Å². The molecule has 0 spiro atoms. The summed E-state index contributed by atoms with van der Waals surface area (Å²) in [6.45, 7) is 4.76. The lowest BCUT2D eigenvalue weighted by molar-refractivity contribution is -0.0633. The standard InChI is InChI=1S/C15H22O3/c1-11(2)18-13-8-6-12(7-9-13)15(16)14-5-3-4-10-17-14/h6-9,11,14-16H,3-5,10H2,1-2H3. The van der Waals surface area contributed by atoms with Crippen LogP contribution in [0, 0.1) is 0 Å². The van der Waals surface area contributed by atoms with Gasteiger partial charge in [0.05, 0.1) is 12.2 Å². The summed E-state index contributed by atoms with van der Waals surface area (Å²) in [7, 11) is 0. The highest BCUT2D eigenvalue weighted by atomic mass is 16.5. The molecule has 2 unspecified atom stereocenters. The van der Waals surface area contributed by atoms with E-state index < -0.39 is 6.10 Å². The van der Waals surface area contributed by atoms with E-state index in [4.69, 9.17) is 9.47 Å². The van der Waals surface area contributed by atoms with Gasteiger partial charge in [0.1, 0.15) is 11.9 Å². The maximum atomic E-state index is 10.3. The summed E-state index contributed by atoms with van der Waals surface area (Å²) in [5.74, 6) is 0.838. The first-order chi connectivity index (χ1) is 8.66. The molecule has 0 saturated carbocycles. The van der Waals surface area contributed by atoms with Crippen LogP contribution < -0.4 is 4.74 Å². The predicted octanol–water partition coefficient (Wildman–Crippen LogP) is 3.08. The van der Waals surface area contributed by atoms with Crippen LogP contribution in [0.15, 0.2) is 24.3 Å². The Bertz CT molecular complexity index is 353. The number of aliphatic hydroxyl groups excluding tert-OH is 1. The number of hydrogen-bond donors (Lipinski definition) is 1. The minimum Gasteiger partial charge on any atom is -0.491 e. The number of hydrogen-bond acceptors (Lipinski definition) is 3. The summed E-state index contributed by atoms with van der Waals surface area (Å²) in [6.07, 6.45) is 2.75. The van der Waals surface area contributed by atoms with E-state index in [-0.39, 0.29) is 12.2 Å². The molecule has 3 heteroatoms. The maximum Gasteiger partial charge on any atom is 0.119 e. The minimum absolute atomic E-state index is 0.0596. The van der Waals surface area contributed by atoms with Gasteiger partial charge in [0, 0.05) is 6.61 Å². The first kappa shape index (κ1) is 13.4. The van der Waals surface area contributed by atoms with Crippen LogP contribution in [-0.4, -0.2) is 23.9 Å². The van der Waals surface area contributed by atoms with Crippen LogP contribution in [0.2, 0.25) is 0 Å². The van der Waals surface area contributed by atoms with Crippen molar-refractivity contribution in [2.75, 3.05) is 6.61 Å². The van der Waals surface area contributed by atoms with Crippen LogP contribution in [-0.2, 0) is 4.74 Å². The zero-order valence-electron chi connectivity index (χ0n) is 11.1. The molecule has 2 atom stereocenters. The van der Waals surface area contributed by atoms with E-state index in [1.807, 2.05) is 38.1 Å². The molecular formula is C15H22O3. The average molecular weight is 250 g/mol. The van der Waals surface area contributed by atoms with E-state index in [0.29, 0.717) is 0 Å². The number of benzene rings is 1. The molecule has 3 nitrogen and oxygen atoms in total. The van der Waals surface area contributed by atoms with Gasteiger partial charge < -0.3 is 14.6 Å². The van der Waals surface area contributed by atoms with Crippen molar-refractivity contribution >= 4 is 0 Å². The molecular weight excluding hydrogens is 228 g/mol. The summed E-state index contributed by atoms with van der Waals surface area (Å²) in [4.78, 5) is 0. The normalized spacial score (nSPS) is 21.9. The van der Waals surface area contributed by atoms with Crippen molar-refractivity contribution in [3.8, 4) is 5.75 Å². The highest BCUT2D eigenvalue weighted by Crippen LogP contribution is 2.27. The van der Waals surface area contributed by atoms with Crippen LogP contribution in [0.3, 0.4) is 0 Å². The van der Waals surface area contributed by atoms with Gasteiger partial charge in [-0.1, -0.05) is 12.1 Å². The molecule has 0 radical (unpaired) electrons. The van der Waals surface area contributed by atoms with Crippen LogP contribution in [0.5, 0.6) is 5.75 Å². The van der Waals surface area contributed by atoms with Crippen molar-refractivity contribution in [2.45, 2.75) is 51.4 Å².